The minimum Gasteiger partial charge on any atom is -0.550 e. The van der Waals surface area contributed by atoms with Gasteiger partial charge in [0, 0.05) is 37.3 Å². The van der Waals surface area contributed by atoms with E-state index in [1.165, 1.54) is 4.90 Å². The van der Waals surface area contributed by atoms with Gasteiger partial charge in [0.05, 0.1) is 17.4 Å². The van der Waals surface area contributed by atoms with Crippen molar-refractivity contribution in [3.05, 3.63) is 108 Å². The van der Waals surface area contributed by atoms with Crippen LogP contribution in [0.15, 0.2) is 95.4 Å². The van der Waals surface area contributed by atoms with E-state index in [0.717, 1.165) is 16.3 Å². The van der Waals surface area contributed by atoms with Gasteiger partial charge in [0.2, 0.25) is 18.6 Å². The number of hydrogen-bond acceptors (Lipinski definition) is 11. The minimum atomic E-state index is -3.17. The van der Waals surface area contributed by atoms with Crippen LogP contribution in [-0.4, -0.2) is 46.5 Å². The Kier molecular flexibility index (Phi) is 16.2. The third-order valence-corrected chi connectivity index (χ3v) is 9.03. The van der Waals surface area contributed by atoms with Crippen LogP contribution in [0.1, 0.15) is 49.1 Å². The number of carbonyl (C=O) groups is 4. The minimum absolute atomic E-state index is 0. The van der Waals surface area contributed by atoms with E-state index < -0.39 is 54.0 Å². The molecule has 0 N–H and O–H groups in total. The van der Waals surface area contributed by atoms with Gasteiger partial charge in [-0.1, -0.05) is 60.7 Å². The molecule has 1 aliphatic heterocycles. The van der Waals surface area contributed by atoms with Crippen LogP contribution in [-0.2, 0) is 25.7 Å². The number of hydrogen-bond donors (Lipinski definition) is 0. The van der Waals surface area contributed by atoms with Crippen LogP contribution in [0.3, 0.4) is 0 Å². The molecule has 0 saturated carbocycles. The van der Waals surface area contributed by atoms with Crippen molar-refractivity contribution in [1.29, 1.82) is 0 Å². The molecule has 2 heterocycles. The molecule has 53 heavy (non-hydrogen) atoms. The molecule has 2 atom stereocenters. The molecule has 0 unspecified atom stereocenters. The maximum atomic E-state index is 14.2. The number of carbonyl (C=O) groups excluding carboxylic acids is 4. The third kappa shape index (κ3) is 10.1. The number of benzene rings is 4. The fourth-order valence-corrected chi connectivity index (χ4v) is 6.28. The molecule has 0 radical (unpaired) electrons. The van der Waals surface area contributed by atoms with Crippen molar-refractivity contribution in [1.82, 2.24) is 9.88 Å². The van der Waals surface area contributed by atoms with E-state index in [1.807, 2.05) is 72.8 Å². The van der Waals surface area contributed by atoms with Crippen molar-refractivity contribution in [2.45, 2.75) is 44.7 Å². The number of aliphatic carboxylic acids is 3. The molecular weight excluding hydrogens is 713 g/mol. The molecule has 0 spiro atoms. The van der Waals surface area contributed by atoms with Crippen molar-refractivity contribution >= 4 is 51.8 Å². The number of allylic oxidation sites excluding steroid dienone is 1. The summed E-state index contributed by atoms with van der Waals surface area (Å²) in [6.45, 7) is 1.72. The average molecular weight is 745 g/mol. The molecule has 4 aromatic carbocycles. The smallest absolute Gasteiger partial charge is 0.550 e. The third-order valence-electron chi connectivity index (χ3n) is 9.03. The molecule has 15 heteroatoms. The van der Waals surface area contributed by atoms with E-state index in [4.69, 9.17) is 13.9 Å². The molecule has 0 saturated heterocycles. The van der Waals surface area contributed by atoms with Crippen molar-refractivity contribution in [3.63, 3.8) is 0 Å². The molecule has 1 amide bonds. The van der Waals surface area contributed by atoms with Crippen molar-refractivity contribution in [2.24, 2.45) is 5.41 Å². The van der Waals surface area contributed by atoms with Gasteiger partial charge in [-0.05, 0) is 71.7 Å². The van der Waals surface area contributed by atoms with Crippen LogP contribution < -0.4 is 113 Å². The number of para-hydroxylation sites is 2. The summed E-state index contributed by atoms with van der Waals surface area (Å²) >= 11 is 0. The number of aromatic nitrogens is 1. The van der Waals surface area contributed by atoms with E-state index >= 15 is 0 Å². The number of nitrogens with zero attached hydrogens (tertiary/aromatic N) is 2. The summed E-state index contributed by atoms with van der Waals surface area (Å²) < 4.78 is 17.0. The quantitative estimate of drug-likeness (QED) is 0.0778. The van der Waals surface area contributed by atoms with Gasteiger partial charge in [0.1, 0.15) is 5.52 Å². The standard InChI is InChI=1S/C38H34N2O10.3Na/c1-23(28(27-15-16-31-32(18-27)49-22-48-31)9-6-12-33-39-29-10-4-5-11-30(29)50-33)40(21-24-13-14-25-7-2-3-8-26(25)17-24)34(41)19-38(36(44)45,37(46)47)20-35(42)43;;;/h2-8,10-18,23,28H,9,19-22H2,1H3,(H,42,43)(H,44,45)(H,46,47);;;/q;3*+1/p-3/b12-6+;;;/t23-,28+;;;/m1.../s1. The first-order chi connectivity index (χ1) is 24.0. The van der Waals surface area contributed by atoms with E-state index in [-0.39, 0.29) is 102 Å². The van der Waals surface area contributed by atoms with Gasteiger partial charge in [-0.15, -0.1) is 0 Å². The van der Waals surface area contributed by atoms with Crippen LogP contribution in [0, 0.1) is 5.41 Å². The molecule has 1 aromatic heterocycles. The second-order valence-electron chi connectivity index (χ2n) is 12.2. The number of carboxylic acid groups (broad SMARTS) is 3. The Labute approximate surface area is 371 Å². The number of oxazole rings is 1. The fraction of sp³-hybridized carbons (Fsp3) is 0.237. The van der Waals surface area contributed by atoms with E-state index in [1.54, 1.807) is 31.2 Å². The molecule has 0 bridgehead atoms. The van der Waals surface area contributed by atoms with Gasteiger partial charge < -0.3 is 48.5 Å². The summed E-state index contributed by atoms with van der Waals surface area (Å²) in [6.07, 6.45) is 1.10. The molecule has 12 nitrogen and oxygen atoms in total. The topological polar surface area (TPSA) is 185 Å². The molecule has 0 fully saturated rings. The summed E-state index contributed by atoms with van der Waals surface area (Å²) in [7, 11) is 0. The second-order valence-corrected chi connectivity index (χ2v) is 12.2. The number of fused-ring (bicyclic) bond motifs is 3. The monoisotopic (exact) mass is 744 g/mol. The maximum Gasteiger partial charge on any atom is 1.00 e. The Morgan fingerprint density at radius 3 is 2.21 bits per heavy atom. The number of ether oxygens (including phenoxy) is 2. The largest absolute Gasteiger partial charge is 1.00 e. The van der Waals surface area contributed by atoms with E-state index in [0.29, 0.717) is 40.5 Å². The summed E-state index contributed by atoms with van der Waals surface area (Å²) in [4.78, 5) is 56.0. The zero-order chi connectivity index (χ0) is 35.4. The van der Waals surface area contributed by atoms with Crippen molar-refractivity contribution in [2.75, 3.05) is 6.79 Å². The molecule has 6 rings (SSSR count). The molecule has 1 aliphatic rings. The van der Waals surface area contributed by atoms with Gasteiger partial charge in [-0.25, -0.2) is 4.98 Å². The van der Waals surface area contributed by atoms with Crippen molar-refractivity contribution < 1.29 is 137 Å². The summed E-state index contributed by atoms with van der Waals surface area (Å²) in [5, 5.41) is 37.8. The SMILES string of the molecule is C[C@H]([C@H](C/C=C/c1nc2ccccc2o1)c1ccc2c(c1)OCO2)N(Cc1ccc2ccccc2c1)C(=O)CC(CC(=O)[O-])(C(=O)[O-])C(=O)[O-].[Na+].[Na+].[Na+]. The molecule has 5 aromatic rings. The van der Waals surface area contributed by atoms with E-state index in [9.17, 15) is 34.5 Å². The molecule has 0 aliphatic carbocycles. The second kappa shape index (κ2) is 19.4. The van der Waals surface area contributed by atoms with Gasteiger partial charge in [-0.3, -0.25) is 4.79 Å². The predicted octanol–water partition coefficient (Wildman–Crippen LogP) is -6.66. The zero-order valence-corrected chi connectivity index (χ0v) is 35.9. The first-order valence-corrected chi connectivity index (χ1v) is 15.9. The van der Waals surface area contributed by atoms with Gasteiger partial charge in [0.25, 0.3) is 0 Å². The predicted molar refractivity (Wildman–Crippen MR) is 174 cm³/mol. The summed E-state index contributed by atoms with van der Waals surface area (Å²) in [5.41, 5.74) is -0.469. The van der Waals surface area contributed by atoms with E-state index in [2.05, 4.69) is 4.98 Å². The number of amides is 1. The Morgan fingerprint density at radius 1 is 0.830 bits per heavy atom. The summed E-state index contributed by atoms with van der Waals surface area (Å²) in [6, 6.07) is 25.1. The van der Waals surface area contributed by atoms with Crippen LogP contribution in [0.25, 0.3) is 27.9 Å². The average Bonchev–Trinajstić information content (AvgIpc) is 3.74. The number of carboxylic acids is 3. The summed E-state index contributed by atoms with van der Waals surface area (Å²) in [5.74, 6) is -6.53. The van der Waals surface area contributed by atoms with Crippen LogP contribution in [0.2, 0.25) is 0 Å². The fourth-order valence-electron chi connectivity index (χ4n) is 6.28. The first-order valence-electron chi connectivity index (χ1n) is 15.9. The van der Waals surface area contributed by atoms with Crippen LogP contribution in [0.4, 0.5) is 0 Å². The van der Waals surface area contributed by atoms with Gasteiger partial charge in [-0.2, -0.15) is 0 Å². The molecular formula is C38H31N2Na3O10. The van der Waals surface area contributed by atoms with Crippen molar-refractivity contribution in [3.8, 4) is 11.5 Å². The van der Waals surface area contributed by atoms with Gasteiger partial charge >= 0.3 is 88.7 Å². The first kappa shape index (κ1) is 44.2. The molecule has 256 valence electrons. The zero-order valence-electron chi connectivity index (χ0n) is 29.9. The Balaban J connectivity index is 0.00000252. The normalized spacial score (nSPS) is 13.0. The maximum absolute atomic E-state index is 14.2. The van der Waals surface area contributed by atoms with Crippen LogP contribution in [0.5, 0.6) is 11.5 Å². The Hall–Kier alpha value is -3.17. The Morgan fingerprint density at radius 2 is 1.51 bits per heavy atom. The number of rotatable bonds is 14. The van der Waals surface area contributed by atoms with Gasteiger partial charge in [0.15, 0.2) is 17.1 Å². The Bertz CT molecular complexity index is 2090. The van der Waals surface area contributed by atoms with Crippen LogP contribution >= 0.6 is 0 Å².